The summed E-state index contributed by atoms with van der Waals surface area (Å²) in [4.78, 5) is 7.93. The SMILES string of the molecule is CCOc1ccc(Nc2nc(N)ncc2C)cc1F. The van der Waals surface area contributed by atoms with Crippen LogP contribution in [-0.2, 0) is 0 Å². The van der Waals surface area contributed by atoms with Gasteiger partial charge in [0.2, 0.25) is 5.95 Å². The molecule has 3 N–H and O–H groups in total. The summed E-state index contributed by atoms with van der Waals surface area (Å²) in [5.74, 6) is 0.522. The minimum Gasteiger partial charge on any atom is -0.491 e. The maximum Gasteiger partial charge on any atom is 0.221 e. The fourth-order valence-electron chi connectivity index (χ4n) is 1.57. The number of halogens is 1. The van der Waals surface area contributed by atoms with Crippen LogP contribution in [0.4, 0.5) is 21.8 Å². The van der Waals surface area contributed by atoms with Crippen LogP contribution in [0.5, 0.6) is 5.75 Å². The molecule has 0 atom stereocenters. The van der Waals surface area contributed by atoms with Gasteiger partial charge in [-0.15, -0.1) is 0 Å². The van der Waals surface area contributed by atoms with Gasteiger partial charge in [-0.05, 0) is 26.0 Å². The zero-order valence-electron chi connectivity index (χ0n) is 10.8. The van der Waals surface area contributed by atoms with E-state index in [-0.39, 0.29) is 11.7 Å². The van der Waals surface area contributed by atoms with Crippen LogP contribution < -0.4 is 15.8 Å². The van der Waals surface area contributed by atoms with Crippen molar-refractivity contribution in [1.29, 1.82) is 0 Å². The predicted molar refractivity (Wildman–Crippen MR) is 72.0 cm³/mol. The number of anilines is 3. The lowest BCUT2D eigenvalue weighted by molar-refractivity contribution is 0.321. The highest BCUT2D eigenvalue weighted by Gasteiger charge is 2.07. The Balaban J connectivity index is 2.24. The Morgan fingerprint density at radius 3 is 2.89 bits per heavy atom. The zero-order valence-corrected chi connectivity index (χ0v) is 10.8. The number of aryl methyl sites for hydroxylation is 1. The molecular weight excluding hydrogens is 247 g/mol. The molecule has 0 unspecified atom stereocenters. The van der Waals surface area contributed by atoms with Gasteiger partial charge in [-0.1, -0.05) is 0 Å². The summed E-state index contributed by atoms with van der Waals surface area (Å²) >= 11 is 0. The third-order valence-electron chi connectivity index (χ3n) is 2.48. The number of rotatable bonds is 4. The van der Waals surface area contributed by atoms with Crippen LogP contribution in [0.1, 0.15) is 12.5 Å². The van der Waals surface area contributed by atoms with Crippen LogP contribution in [0.15, 0.2) is 24.4 Å². The first-order valence-corrected chi connectivity index (χ1v) is 5.88. The number of hydrogen-bond donors (Lipinski definition) is 2. The van der Waals surface area contributed by atoms with E-state index in [0.29, 0.717) is 18.1 Å². The molecule has 6 heteroatoms. The highest BCUT2D eigenvalue weighted by atomic mass is 19.1. The number of aromatic nitrogens is 2. The van der Waals surface area contributed by atoms with Crippen LogP contribution in [0.25, 0.3) is 0 Å². The largest absolute Gasteiger partial charge is 0.491 e. The van der Waals surface area contributed by atoms with Crippen LogP contribution in [-0.4, -0.2) is 16.6 Å². The third kappa shape index (κ3) is 3.09. The van der Waals surface area contributed by atoms with E-state index in [1.165, 1.54) is 6.07 Å². The van der Waals surface area contributed by atoms with Gasteiger partial charge in [-0.2, -0.15) is 4.98 Å². The molecule has 0 saturated heterocycles. The van der Waals surface area contributed by atoms with Crippen molar-refractivity contribution in [2.45, 2.75) is 13.8 Å². The third-order valence-corrected chi connectivity index (χ3v) is 2.48. The molecule has 0 amide bonds. The Bertz CT molecular complexity index is 589. The smallest absolute Gasteiger partial charge is 0.221 e. The van der Waals surface area contributed by atoms with Crippen molar-refractivity contribution in [2.24, 2.45) is 0 Å². The monoisotopic (exact) mass is 262 g/mol. The van der Waals surface area contributed by atoms with Crippen molar-refractivity contribution in [3.05, 3.63) is 35.8 Å². The van der Waals surface area contributed by atoms with Crippen molar-refractivity contribution in [3.63, 3.8) is 0 Å². The van der Waals surface area contributed by atoms with Gasteiger partial charge in [0, 0.05) is 23.5 Å². The fraction of sp³-hybridized carbons (Fsp3) is 0.231. The number of nitrogens with one attached hydrogen (secondary N) is 1. The molecule has 0 aliphatic heterocycles. The number of nitrogens with zero attached hydrogens (tertiary/aromatic N) is 2. The number of nitrogens with two attached hydrogens (primary N) is 1. The highest BCUT2D eigenvalue weighted by Crippen LogP contribution is 2.24. The number of nitrogen functional groups attached to an aromatic ring is 1. The van der Waals surface area contributed by atoms with Crippen molar-refractivity contribution in [2.75, 3.05) is 17.7 Å². The minimum atomic E-state index is -0.425. The van der Waals surface area contributed by atoms with Gasteiger partial charge in [-0.3, -0.25) is 0 Å². The van der Waals surface area contributed by atoms with Crippen LogP contribution in [0, 0.1) is 12.7 Å². The molecule has 2 rings (SSSR count). The Morgan fingerprint density at radius 1 is 1.42 bits per heavy atom. The average molecular weight is 262 g/mol. The molecular formula is C13H15FN4O. The average Bonchev–Trinajstić information content (AvgIpc) is 2.37. The Labute approximate surface area is 110 Å². The first-order valence-electron chi connectivity index (χ1n) is 5.88. The first kappa shape index (κ1) is 13.1. The number of ether oxygens (including phenoxy) is 1. The van der Waals surface area contributed by atoms with Gasteiger partial charge in [-0.25, -0.2) is 9.37 Å². The van der Waals surface area contributed by atoms with E-state index in [2.05, 4.69) is 15.3 Å². The molecule has 0 saturated carbocycles. The van der Waals surface area contributed by atoms with E-state index < -0.39 is 5.82 Å². The number of benzene rings is 1. The standard InChI is InChI=1S/C13H15FN4O/c1-3-19-11-5-4-9(6-10(11)14)17-12-8(2)7-16-13(15)18-12/h4-7H,3H2,1-2H3,(H3,15,16,17,18). The molecule has 0 fully saturated rings. The maximum atomic E-state index is 13.7. The molecule has 0 spiro atoms. The van der Waals surface area contributed by atoms with E-state index in [1.807, 2.05) is 6.92 Å². The summed E-state index contributed by atoms with van der Waals surface area (Å²) in [6.07, 6.45) is 1.61. The lowest BCUT2D eigenvalue weighted by Gasteiger charge is -2.10. The van der Waals surface area contributed by atoms with Crippen LogP contribution in [0.2, 0.25) is 0 Å². The summed E-state index contributed by atoms with van der Waals surface area (Å²) in [7, 11) is 0. The van der Waals surface area contributed by atoms with Crippen LogP contribution >= 0.6 is 0 Å². The van der Waals surface area contributed by atoms with Crippen molar-refractivity contribution < 1.29 is 9.13 Å². The quantitative estimate of drug-likeness (QED) is 0.886. The molecule has 1 aromatic heterocycles. The predicted octanol–water partition coefficient (Wildman–Crippen LogP) is 2.65. The van der Waals surface area contributed by atoms with Crippen molar-refractivity contribution in [1.82, 2.24) is 9.97 Å². The number of hydrogen-bond acceptors (Lipinski definition) is 5. The van der Waals surface area contributed by atoms with Gasteiger partial charge in [0.1, 0.15) is 5.82 Å². The van der Waals surface area contributed by atoms with Gasteiger partial charge >= 0.3 is 0 Å². The molecule has 0 aliphatic carbocycles. The Kier molecular flexibility index (Phi) is 3.79. The molecule has 1 aromatic carbocycles. The molecule has 0 radical (unpaired) electrons. The van der Waals surface area contributed by atoms with E-state index in [0.717, 1.165) is 5.56 Å². The lowest BCUT2D eigenvalue weighted by Crippen LogP contribution is -2.02. The van der Waals surface area contributed by atoms with Gasteiger partial charge < -0.3 is 15.8 Å². The second kappa shape index (κ2) is 5.51. The summed E-state index contributed by atoms with van der Waals surface area (Å²) in [6.45, 7) is 4.07. The normalized spacial score (nSPS) is 10.3. The molecule has 19 heavy (non-hydrogen) atoms. The summed E-state index contributed by atoms with van der Waals surface area (Å²) in [5, 5.41) is 3.00. The molecule has 100 valence electrons. The second-order valence-electron chi connectivity index (χ2n) is 3.96. The molecule has 0 bridgehead atoms. The molecule has 0 aliphatic rings. The summed E-state index contributed by atoms with van der Waals surface area (Å²) in [5.41, 5.74) is 6.91. The zero-order chi connectivity index (χ0) is 13.8. The van der Waals surface area contributed by atoms with Gasteiger partial charge in [0.15, 0.2) is 11.6 Å². The summed E-state index contributed by atoms with van der Waals surface area (Å²) in [6, 6.07) is 4.63. The fourth-order valence-corrected chi connectivity index (χ4v) is 1.57. The molecule has 2 aromatic rings. The van der Waals surface area contributed by atoms with E-state index in [4.69, 9.17) is 10.5 Å². The lowest BCUT2D eigenvalue weighted by atomic mass is 10.2. The minimum absolute atomic E-state index is 0.166. The highest BCUT2D eigenvalue weighted by molar-refractivity contribution is 5.60. The van der Waals surface area contributed by atoms with Gasteiger partial charge in [0.05, 0.1) is 6.61 Å². The Hall–Kier alpha value is -2.37. The van der Waals surface area contributed by atoms with E-state index in [1.54, 1.807) is 25.3 Å². The van der Waals surface area contributed by atoms with Crippen molar-refractivity contribution >= 4 is 17.5 Å². The van der Waals surface area contributed by atoms with E-state index >= 15 is 0 Å². The molecule has 1 heterocycles. The van der Waals surface area contributed by atoms with Gasteiger partial charge in [0.25, 0.3) is 0 Å². The van der Waals surface area contributed by atoms with Crippen molar-refractivity contribution in [3.8, 4) is 5.75 Å². The van der Waals surface area contributed by atoms with Crippen LogP contribution in [0.3, 0.4) is 0 Å². The second-order valence-corrected chi connectivity index (χ2v) is 3.96. The van der Waals surface area contributed by atoms with E-state index in [9.17, 15) is 4.39 Å². The topological polar surface area (TPSA) is 73.1 Å². The molecule has 5 nitrogen and oxygen atoms in total. The Morgan fingerprint density at radius 2 is 2.21 bits per heavy atom. The summed E-state index contributed by atoms with van der Waals surface area (Å²) < 4.78 is 18.8. The maximum absolute atomic E-state index is 13.7. The first-order chi connectivity index (χ1) is 9.10.